The zero-order valence-electron chi connectivity index (χ0n) is 7.80. The van der Waals surface area contributed by atoms with Crippen molar-refractivity contribution in [2.24, 2.45) is 0 Å². The molecule has 0 amide bonds. The van der Waals surface area contributed by atoms with E-state index in [4.69, 9.17) is 4.74 Å². The molecule has 0 rings (SSSR count). The molecule has 0 aliphatic carbocycles. The fourth-order valence-electron chi connectivity index (χ4n) is 0.933. The first-order valence-electron chi connectivity index (χ1n) is 4.48. The van der Waals surface area contributed by atoms with Gasteiger partial charge in [0.1, 0.15) is 0 Å². The van der Waals surface area contributed by atoms with Crippen molar-refractivity contribution in [3.63, 3.8) is 0 Å². The zero-order valence-corrected chi connectivity index (χ0v) is 7.80. The van der Waals surface area contributed by atoms with Crippen molar-refractivity contribution >= 4 is 0 Å². The number of hydrogen-bond donors (Lipinski definition) is 0. The third-order valence-electron chi connectivity index (χ3n) is 1.47. The molecule has 67 valence electrons. The third-order valence-corrected chi connectivity index (χ3v) is 1.47. The van der Waals surface area contributed by atoms with E-state index in [-0.39, 0.29) is 6.10 Å². The molecule has 1 atom stereocenters. The molecule has 0 spiro atoms. The van der Waals surface area contributed by atoms with Gasteiger partial charge in [0.25, 0.3) is 0 Å². The highest BCUT2D eigenvalue weighted by atomic mass is 16.6. The maximum Gasteiger partial charge on any atom is 0.191 e. The first-order valence-corrected chi connectivity index (χ1v) is 4.48. The Morgan fingerprint density at radius 2 is 1.91 bits per heavy atom. The van der Waals surface area contributed by atoms with Gasteiger partial charge in [-0.2, -0.15) is 0 Å². The third kappa shape index (κ3) is 7.82. The van der Waals surface area contributed by atoms with E-state index in [0.717, 1.165) is 19.3 Å². The highest BCUT2D eigenvalue weighted by Crippen LogP contribution is 2.06. The summed E-state index contributed by atoms with van der Waals surface area (Å²) in [5.41, 5.74) is 0. The lowest BCUT2D eigenvalue weighted by Crippen LogP contribution is -2.15. The predicted molar refractivity (Wildman–Crippen MR) is 44.8 cm³/mol. The minimum Gasteiger partial charge on any atom is -0.347 e. The zero-order chi connectivity index (χ0) is 8.69. The standard InChI is InChI=1S/C9H19O2/c1-4-5-6-7-9(10)11-8(2)3/h8-9H,4-7H2,1-3H3. The van der Waals surface area contributed by atoms with Crippen LogP contribution in [0.2, 0.25) is 0 Å². The summed E-state index contributed by atoms with van der Waals surface area (Å²) in [5, 5.41) is 11.0. The van der Waals surface area contributed by atoms with Crippen molar-refractivity contribution in [1.82, 2.24) is 0 Å². The van der Waals surface area contributed by atoms with E-state index < -0.39 is 6.29 Å². The summed E-state index contributed by atoms with van der Waals surface area (Å²) in [4.78, 5) is 0. The van der Waals surface area contributed by atoms with Crippen LogP contribution in [0.4, 0.5) is 0 Å². The number of ether oxygens (including phenoxy) is 1. The summed E-state index contributed by atoms with van der Waals surface area (Å²) < 4.78 is 5.04. The molecule has 2 nitrogen and oxygen atoms in total. The molecule has 0 saturated heterocycles. The van der Waals surface area contributed by atoms with Gasteiger partial charge in [0.2, 0.25) is 0 Å². The monoisotopic (exact) mass is 159 g/mol. The summed E-state index contributed by atoms with van der Waals surface area (Å²) >= 11 is 0. The van der Waals surface area contributed by atoms with Crippen LogP contribution in [0.5, 0.6) is 0 Å². The van der Waals surface area contributed by atoms with Gasteiger partial charge in [0.05, 0.1) is 6.10 Å². The molecule has 0 fully saturated rings. The Hall–Kier alpha value is -0.0800. The molecule has 0 aliphatic rings. The lowest BCUT2D eigenvalue weighted by Gasteiger charge is -2.11. The Morgan fingerprint density at radius 3 is 2.36 bits per heavy atom. The van der Waals surface area contributed by atoms with Crippen LogP contribution in [0, 0.1) is 0 Å². The van der Waals surface area contributed by atoms with Crippen LogP contribution >= 0.6 is 0 Å². The van der Waals surface area contributed by atoms with Crippen LogP contribution in [0.15, 0.2) is 0 Å². The van der Waals surface area contributed by atoms with Gasteiger partial charge < -0.3 is 4.74 Å². The van der Waals surface area contributed by atoms with Crippen LogP contribution in [0.25, 0.3) is 0 Å². The second-order valence-corrected chi connectivity index (χ2v) is 3.11. The van der Waals surface area contributed by atoms with E-state index in [2.05, 4.69) is 6.92 Å². The van der Waals surface area contributed by atoms with Gasteiger partial charge in [-0.25, -0.2) is 5.11 Å². The molecule has 0 aliphatic heterocycles. The minimum atomic E-state index is -0.804. The molecule has 2 heteroatoms. The average Bonchev–Trinajstić information content (AvgIpc) is 1.86. The topological polar surface area (TPSA) is 29.1 Å². The van der Waals surface area contributed by atoms with E-state index in [9.17, 15) is 5.11 Å². The summed E-state index contributed by atoms with van der Waals surface area (Å²) in [6.45, 7) is 5.92. The van der Waals surface area contributed by atoms with Gasteiger partial charge >= 0.3 is 0 Å². The Labute approximate surface area is 69.6 Å². The summed E-state index contributed by atoms with van der Waals surface area (Å²) in [6.07, 6.45) is 3.22. The highest BCUT2D eigenvalue weighted by molar-refractivity contribution is 4.46. The molecule has 0 aromatic carbocycles. The Kier molecular flexibility index (Phi) is 6.57. The van der Waals surface area contributed by atoms with Crippen molar-refractivity contribution in [3.05, 3.63) is 0 Å². The van der Waals surface area contributed by atoms with Gasteiger partial charge in [-0.1, -0.05) is 19.8 Å². The van der Waals surface area contributed by atoms with Crippen molar-refractivity contribution in [2.45, 2.75) is 58.8 Å². The largest absolute Gasteiger partial charge is 0.347 e. The van der Waals surface area contributed by atoms with Crippen LogP contribution in [0.3, 0.4) is 0 Å². The average molecular weight is 159 g/mol. The molecule has 0 N–H and O–H groups in total. The fourth-order valence-corrected chi connectivity index (χ4v) is 0.933. The van der Waals surface area contributed by atoms with Gasteiger partial charge in [-0.05, 0) is 20.3 Å². The molecule has 1 radical (unpaired) electrons. The maximum absolute atomic E-state index is 11.0. The van der Waals surface area contributed by atoms with Crippen molar-refractivity contribution < 1.29 is 9.84 Å². The first kappa shape index (κ1) is 10.9. The quantitative estimate of drug-likeness (QED) is 0.433. The molecule has 0 bridgehead atoms. The summed E-state index contributed by atoms with van der Waals surface area (Å²) in [5.74, 6) is 0. The first-order chi connectivity index (χ1) is 5.16. The van der Waals surface area contributed by atoms with Crippen molar-refractivity contribution in [3.8, 4) is 0 Å². The Balaban J connectivity index is 3.15. The van der Waals surface area contributed by atoms with E-state index in [1.807, 2.05) is 13.8 Å². The Morgan fingerprint density at radius 1 is 1.27 bits per heavy atom. The SMILES string of the molecule is CCCCCC([O])OC(C)C. The minimum absolute atomic E-state index is 0.0686. The molecular formula is C9H19O2. The maximum atomic E-state index is 11.0. The van der Waals surface area contributed by atoms with Gasteiger partial charge in [-0.15, -0.1) is 0 Å². The van der Waals surface area contributed by atoms with Gasteiger partial charge in [0, 0.05) is 6.42 Å². The molecule has 0 aromatic rings. The summed E-state index contributed by atoms with van der Waals surface area (Å²) in [6, 6.07) is 0. The smallest absolute Gasteiger partial charge is 0.191 e. The van der Waals surface area contributed by atoms with Crippen LogP contribution < -0.4 is 0 Å². The van der Waals surface area contributed by atoms with Gasteiger partial charge in [-0.3, -0.25) is 0 Å². The van der Waals surface area contributed by atoms with Crippen LogP contribution in [0.1, 0.15) is 46.5 Å². The number of unbranched alkanes of at least 4 members (excludes halogenated alkanes) is 2. The summed E-state index contributed by atoms with van der Waals surface area (Å²) in [7, 11) is 0. The molecule has 0 aromatic heterocycles. The lowest BCUT2D eigenvalue weighted by atomic mass is 10.2. The highest BCUT2D eigenvalue weighted by Gasteiger charge is 2.06. The van der Waals surface area contributed by atoms with E-state index in [1.165, 1.54) is 0 Å². The molecule has 1 unspecified atom stereocenters. The predicted octanol–water partition coefficient (Wildman–Crippen LogP) is 2.75. The number of hydrogen-bond acceptors (Lipinski definition) is 1. The lowest BCUT2D eigenvalue weighted by molar-refractivity contribution is -0.165. The number of rotatable bonds is 6. The fraction of sp³-hybridized carbons (Fsp3) is 1.00. The molecule has 11 heavy (non-hydrogen) atoms. The van der Waals surface area contributed by atoms with Crippen LogP contribution in [-0.4, -0.2) is 12.4 Å². The van der Waals surface area contributed by atoms with Gasteiger partial charge in [0.15, 0.2) is 6.29 Å². The van der Waals surface area contributed by atoms with Crippen molar-refractivity contribution in [2.75, 3.05) is 0 Å². The van der Waals surface area contributed by atoms with Crippen molar-refractivity contribution in [1.29, 1.82) is 0 Å². The Bertz CT molecular complexity index is 81.6. The molecule has 0 heterocycles. The van der Waals surface area contributed by atoms with E-state index in [1.54, 1.807) is 0 Å². The van der Waals surface area contributed by atoms with E-state index >= 15 is 0 Å². The second kappa shape index (κ2) is 6.62. The van der Waals surface area contributed by atoms with Crippen LogP contribution in [-0.2, 0) is 9.84 Å². The second-order valence-electron chi connectivity index (χ2n) is 3.11. The molecular weight excluding hydrogens is 140 g/mol. The van der Waals surface area contributed by atoms with E-state index in [0.29, 0.717) is 6.42 Å². The molecule has 0 saturated carbocycles. The normalized spacial score (nSPS) is 13.9.